The summed E-state index contributed by atoms with van der Waals surface area (Å²) in [6, 6.07) is 19.2. The van der Waals surface area contributed by atoms with Gasteiger partial charge in [-0.15, -0.1) is 0 Å². The van der Waals surface area contributed by atoms with Crippen LogP contribution in [-0.4, -0.2) is 46.5 Å². The van der Waals surface area contributed by atoms with Crippen molar-refractivity contribution >= 4 is 28.6 Å². The number of H-pyrrole nitrogens is 1. The first kappa shape index (κ1) is 26.1. The molecule has 4 atom stereocenters. The van der Waals surface area contributed by atoms with Crippen molar-refractivity contribution in [3.8, 4) is 11.5 Å². The number of aromatic amines is 1. The highest BCUT2D eigenvalue weighted by Gasteiger charge is 2.49. The minimum atomic E-state index is -0.769. The molecule has 1 aromatic heterocycles. The molecule has 4 aromatic rings. The largest absolute Gasteiger partial charge is 0.454 e. The Labute approximate surface area is 243 Å². The van der Waals surface area contributed by atoms with Gasteiger partial charge in [0.1, 0.15) is 12.1 Å². The molecule has 0 aliphatic carbocycles. The number of fused-ring (bicyclic) bond motifs is 8. The molecule has 9 nitrogen and oxygen atoms in total. The molecule has 3 aliphatic heterocycles. The summed E-state index contributed by atoms with van der Waals surface area (Å²) in [5.41, 5.74) is 5.30. The number of aromatic nitrogens is 1. The fraction of sp³-hybridized carbons (Fsp3) is 0.303. The average molecular weight is 565 g/mol. The van der Waals surface area contributed by atoms with E-state index in [0.29, 0.717) is 29.9 Å². The van der Waals surface area contributed by atoms with E-state index in [0.717, 1.165) is 33.3 Å². The van der Waals surface area contributed by atoms with Gasteiger partial charge in [-0.2, -0.15) is 0 Å². The van der Waals surface area contributed by atoms with Crippen LogP contribution in [0.1, 0.15) is 59.1 Å². The summed E-state index contributed by atoms with van der Waals surface area (Å²) in [6.45, 7) is 4.40. The van der Waals surface area contributed by atoms with Gasteiger partial charge in [0.2, 0.25) is 18.6 Å². The zero-order valence-corrected chi connectivity index (χ0v) is 23.5. The van der Waals surface area contributed by atoms with Crippen LogP contribution in [0.5, 0.6) is 11.5 Å². The van der Waals surface area contributed by atoms with Crippen LogP contribution in [-0.2, 0) is 22.6 Å². The third-order valence-corrected chi connectivity index (χ3v) is 8.85. The number of carbonyl (C=O) groups excluding carboxylic acids is 3. The summed E-state index contributed by atoms with van der Waals surface area (Å²) in [6.07, 6.45) is 1.05. The standard InChI is InChI=1S/C33H32N4O5/c1-3-18(2)28(32(39)34-16-19-12-13-26-27(14-19)42-17-41-26)36-31(38)25-15-23-20-8-6-7-11-24(20)35-29(23)30-21-9-4-5-10-22(21)33(40)37(25)30/h4-14,18,25,28,30,35H,3,15-17H2,1-2H3,(H,34,39)(H,36,38)/t18-,25-,28-,30-/m0/s1. The van der Waals surface area contributed by atoms with E-state index in [-0.39, 0.29) is 37.0 Å². The molecule has 3 aromatic carbocycles. The predicted octanol–water partition coefficient (Wildman–Crippen LogP) is 4.21. The fourth-order valence-corrected chi connectivity index (χ4v) is 6.44. The van der Waals surface area contributed by atoms with Crippen molar-refractivity contribution in [2.75, 3.05) is 6.79 Å². The molecular weight excluding hydrogens is 532 g/mol. The fourth-order valence-electron chi connectivity index (χ4n) is 6.44. The Balaban J connectivity index is 1.17. The van der Waals surface area contributed by atoms with Crippen LogP contribution in [0.3, 0.4) is 0 Å². The molecule has 0 saturated heterocycles. The van der Waals surface area contributed by atoms with E-state index >= 15 is 0 Å². The number of benzene rings is 3. The van der Waals surface area contributed by atoms with E-state index in [9.17, 15) is 14.4 Å². The third kappa shape index (κ3) is 4.19. The Morgan fingerprint density at radius 1 is 1.05 bits per heavy atom. The number of para-hydroxylation sites is 1. The van der Waals surface area contributed by atoms with E-state index in [2.05, 4.69) is 15.6 Å². The summed E-state index contributed by atoms with van der Waals surface area (Å²) in [5.74, 6) is 0.422. The van der Waals surface area contributed by atoms with Crippen molar-refractivity contribution in [1.29, 1.82) is 0 Å². The first-order chi connectivity index (χ1) is 20.4. The predicted molar refractivity (Wildman–Crippen MR) is 156 cm³/mol. The Morgan fingerprint density at radius 3 is 2.69 bits per heavy atom. The van der Waals surface area contributed by atoms with Gasteiger partial charge in [0, 0.05) is 35.1 Å². The van der Waals surface area contributed by atoms with Gasteiger partial charge >= 0.3 is 0 Å². The summed E-state index contributed by atoms with van der Waals surface area (Å²) < 4.78 is 10.8. The van der Waals surface area contributed by atoms with E-state index in [4.69, 9.17) is 9.47 Å². The smallest absolute Gasteiger partial charge is 0.255 e. The molecule has 9 heteroatoms. The Morgan fingerprint density at radius 2 is 1.83 bits per heavy atom. The lowest BCUT2D eigenvalue weighted by Gasteiger charge is -2.38. The quantitative estimate of drug-likeness (QED) is 0.311. The lowest BCUT2D eigenvalue weighted by atomic mass is 9.89. The minimum Gasteiger partial charge on any atom is -0.454 e. The maximum Gasteiger partial charge on any atom is 0.255 e. The second-order valence-electron chi connectivity index (χ2n) is 11.3. The SMILES string of the molecule is CC[C@H](C)[C@H](NC(=O)[C@@H]1Cc2c([nH]c3ccccc23)[C@@H]2c3ccccc3C(=O)N21)C(=O)NCc1ccc2c(c1)OCO2. The molecule has 3 aliphatic rings. The average Bonchev–Trinajstić information content (AvgIpc) is 3.72. The highest BCUT2D eigenvalue weighted by molar-refractivity contribution is 6.04. The number of hydrogen-bond donors (Lipinski definition) is 3. The van der Waals surface area contributed by atoms with Gasteiger partial charge in [-0.3, -0.25) is 14.4 Å². The van der Waals surface area contributed by atoms with Crippen molar-refractivity contribution in [2.24, 2.45) is 5.92 Å². The van der Waals surface area contributed by atoms with Crippen LogP contribution >= 0.6 is 0 Å². The van der Waals surface area contributed by atoms with Gasteiger partial charge < -0.3 is 30.0 Å². The lowest BCUT2D eigenvalue weighted by molar-refractivity contribution is -0.133. The van der Waals surface area contributed by atoms with Gasteiger partial charge in [-0.1, -0.05) is 62.7 Å². The number of nitrogens with one attached hydrogen (secondary N) is 3. The third-order valence-electron chi connectivity index (χ3n) is 8.85. The van der Waals surface area contributed by atoms with Gasteiger partial charge in [0.05, 0.1) is 6.04 Å². The number of nitrogens with zero attached hydrogens (tertiary/aromatic N) is 1. The Kier molecular flexibility index (Phi) is 6.37. The molecule has 0 radical (unpaired) electrons. The van der Waals surface area contributed by atoms with E-state index in [1.165, 1.54) is 0 Å². The highest BCUT2D eigenvalue weighted by atomic mass is 16.7. The summed E-state index contributed by atoms with van der Waals surface area (Å²) >= 11 is 0. The zero-order valence-electron chi connectivity index (χ0n) is 23.5. The summed E-state index contributed by atoms with van der Waals surface area (Å²) in [7, 11) is 0. The highest BCUT2D eigenvalue weighted by Crippen LogP contribution is 2.46. The Hall–Kier alpha value is -4.79. The number of carbonyl (C=O) groups is 3. The molecule has 7 rings (SSSR count). The van der Waals surface area contributed by atoms with Crippen LogP contribution in [0.4, 0.5) is 0 Å². The van der Waals surface area contributed by atoms with Gasteiger partial charge in [-0.25, -0.2) is 0 Å². The molecule has 0 fully saturated rings. The van der Waals surface area contributed by atoms with Crippen molar-refractivity contribution in [3.05, 3.63) is 94.7 Å². The van der Waals surface area contributed by atoms with E-state index in [1.807, 2.05) is 80.6 Å². The maximum absolute atomic E-state index is 14.1. The van der Waals surface area contributed by atoms with Crippen LogP contribution in [0.25, 0.3) is 10.9 Å². The topological polar surface area (TPSA) is 113 Å². The molecule has 214 valence electrons. The van der Waals surface area contributed by atoms with Gasteiger partial charge in [-0.05, 0) is 46.9 Å². The van der Waals surface area contributed by atoms with Crippen LogP contribution in [0.2, 0.25) is 0 Å². The first-order valence-electron chi connectivity index (χ1n) is 14.4. The summed E-state index contributed by atoms with van der Waals surface area (Å²) in [5, 5.41) is 7.07. The lowest BCUT2D eigenvalue weighted by Crippen LogP contribution is -2.58. The first-order valence-corrected chi connectivity index (χ1v) is 14.4. The van der Waals surface area contributed by atoms with Crippen LogP contribution < -0.4 is 20.1 Å². The molecule has 4 heterocycles. The minimum absolute atomic E-state index is 0.125. The molecule has 3 N–H and O–H groups in total. The normalized spacial score (nSPS) is 19.6. The van der Waals surface area contributed by atoms with Crippen LogP contribution in [0.15, 0.2) is 66.7 Å². The molecule has 3 amide bonds. The van der Waals surface area contributed by atoms with E-state index in [1.54, 1.807) is 4.90 Å². The monoisotopic (exact) mass is 564 g/mol. The summed E-state index contributed by atoms with van der Waals surface area (Å²) in [4.78, 5) is 46.6. The second kappa shape index (κ2) is 10.2. The van der Waals surface area contributed by atoms with Crippen molar-refractivity contribution in [1.82, 2.24) is 20.5 Å². The second-order valence-corrected chi connectivity index (χ2v) is 11.3. The Bertz CT molecular complexity index is 1730. The maximum atomic E-state index is 14.1. The van der Waals surface area contributed by atoms with Gasteiger partial charge in [0.25, 0.3) is 5.91 Å². The van der Waals surface area contributed by atoms with E-state index < -0.39 is 18.1 Å². The van der Waals surface area contributed by atoms with Crippen LogP contribution in [0, 0.1) is 5.92 Å². The zero-order chi connectivity index (χ0) is 29.0. The molecule has 0 unspecified atom stereocenters. The molecule has 42 heavy (non-hydrogen) atoms. The molecule has 0 saturated carbocycles. The molecule has 0 bridgehead atoms. The van der Waals surface area contributed by atoms with Crippen molar-refractivity contribution < 1.29 is 23.9 Å². The number of hydrogen-bond acceptors (Lipinski definition) is 5. The molecular formula is C33H32N4O5. The van der Waals surface area contributed by atoms with Crippen molar-refractivity contribution in [2.45, 2.75) is 51.4 Å². The van der Waals surface area contributed by atoms with Gasteiger partial charge in [0.15, 0.2) is 11.5 Å². The number of amides is 3. The molecule has 0 spiro atoms. The number of rotatable bonds is 7. The van der Waals surface area contributed by atoms with Crippen molar-refractivity contribution in [3.63, 3.8) is 0 Å². The number of ether oxygens (including phenoxy) is 2.